The minimum Gasteiger partial charge on any atom is -0.398 e. The number of alkyl halides is 3. The third-order valence-electron chi connectivity index (χ3n) is 5.44. The number of hydrogen-bond acceptors (Lipinski definition) is 4. The van der Waals surface area contributed by atoms with Crippen LogP contribution >= 0.6 is 0 Å². The molecule has 7 heteroatoms. The number of anilines is 1. The Morgan fingerprint density at radius 3 is 2.38 bits per heavy atom. The SMILES string of the molecule is Cc1ccc(C(=O)Cc2ccc(CN3CCN(C)CC3)c(C(F)(F)F)c2)cc1N. The largest absolute Gasteiger partial charge is 0.416 e. The van der Waals surface area contributed by atoms with Crippen LogP contribution in [0.15, 0.2) is 36.4 Å². The normalized spacial score (nSPS) is 16.2. The number of nitrogens with two attached hydrogens (primary N) is 1. The van der Waals surface area contributed by atoms with E-state index >= 15 is 0 Å². The Hall–Kier alpha value is -2.38. The zero-order valence-corrected chi connectivity index (χ0v) is 16.7. The summed E-state index contributed by atoms with van der Waals surface area (Å²) in [4.78, 5) is 16.7. The van der Waals surface area contributed by atoms with Crippen LogP contribution in [0.5, 0.6) is 0 Å². The number of Topliss-reactive ketones (excluding diaryl/α,β-unsaturated/α-hetero) is 1. The lowest BCUT2D eigenvalue weighted by Gasteiger charge is -2.33. The van der Waals surface area contributed by atoms with Gasteiger partial charge >= 0.3 is 6.18 Å². The molecule has 0 aliphatic carbocycles. The Morgan fingerprint density at radius 2 is 1.76 bits per heavy atom. The van der Waals surface area contributed by atoms with Crippen LogP contribution < -0.4 is 5.73 Å². The Labute approximate surface area is 169 Å². The maximum Gasteiger partial charge on any atom is 0.416 e. The summed E-state index contributed by atoms with van der Waals surface area (Å²) in [7, 11) is 2.01. The minimum absolute atomic E-state index is 0.0969. The van der Waals surface area contributed by atoms with Crippen LogP contribution in [0.2, 0.25) is 0 Å². The van der Waals surface area contributed by atoms with Crippen molar-refractivity contribution in [2.45, 2.75) is 26.1 Å². The van der Waals surface area contributed by atoms with Gasteiger partial charge in [0.1, 0.15) is 0 Å². The van der Waals surface area contributed by atoms with Gasteiger partial charge in [-0.1, -0.05) is 24.3 Å². The van der Waals surface area contributed by atoms with Gasteiger partial charge < -0.3 is 10.6 Å². The molecule has 0 amide bonds. The van der Waals surface area contributed by atoms with Crippen LogP contribution in [0.4, 0.5) is 18.9 Å². The average molecular weight is 405 g/mol. The van der Waals surface area contributed by atoms with Gasteiger partial charge in [0.05, 0.1) is 5.56 Å². The molecule has 0 radical (unpaired) electrons. The van der Waals surface area contributed by atoms with Gasteiger partial charge in [-0.05, 0) is 42.8 Å². The summed E-state index contributed by atoms with van der Waals surface area (Å²) in [6, 6.07) is 9.21. The third-order valence-corrected chi connectivity index (χ3v) is 5.44. The number of halogens is 3. The van der Waals surface area contributed by atoms with Gasteiger partial charge in [-0.15, -0.1) is 0 Å². The lowest BCUT2D eigenvalue weighted by Crippen LogP contribution is -2.44. The van der Waals surface area contributed by atoms with Crippen LogP contribution in [0, 0.1) is 6.92 Å². The maximum absolute atomic E-state index is 13.7. The fourth-order valence-electron chi connectivity index (χ4n) is 3.48. The van der Waals surface area contributed by atoms with Crippen molar-refractivity contribution in [3.63, 3.8) is 0 Å². The summed E-state index contributed by atoms with van der Waals surface area (Å²) in [5, 5.41) is 0. The monoisotopic (exact) mass is 405 g/mol. The van der Waals surface area contributed by atoms with E-state index < -0.39 is 11.7 Å². The highest BCUT2D eigenvalue weighted by molar-refractivity contribution is 5.98. The molecule has 1 heterocycles. The first-order valence-electron chi connectivity index (χ1n) is 9.62. The molecule has 2 N–H and O–H groups in total. The zero-order valence-electron chi connectivity index (χ0n) is 16.7. The number of benzene rings is 2. The molecule has 0 spiro atoms. The molecule has 29 heavy (non-hydrogen) atoms. The smallest absolute Gasteiger partial charge is 0.398 e. The Bertz CT molecular complexity index is 887. The number of nitrogens with zero attached hydrogens (tertiary/aromatic N) is 2. The molecular formula is C22H26F3N3O. The molecule has 0 bridgehead atoms. The summed E-state index contributed by atoms with van der Waals surface area (Å²) in [5.74, 6) is -0.253. The number of rotatable bonds is 5. The van der Waals surface area contributed by atoms with Crippen LogP contribution in [-0.4, -0.2) is 48.8 Å². The summed E-state index contributed by atoms with van der Waals surface area (Å²) < 4.78 is 41.0. The molecule has 0 unspecified atom stereocenters. The summed E-state index contributed by atoms with van der Waals surface area (Å²) in [5.41, 5.74) is 7.53. The number of hydrogen-bond donors (Lipinski definition) is 1. The number of carbonyl (C=O) groups is 1. The standard InChI is InChI=1S/C22H26F3N3O/c1-15-3-5-17(13-20(15)26)21(29)12-16-4-6-18(19(11-16)22(23,24)25)14-28-9-7-27(2)8-10-28/h3-6,11,13H,7-10,12,14,26H2,1-2H3. The van der Waals surface area contributed by atoms with Crippen molar-refractivity contribution < 1.29 is 18.0 Å². The van der Waals surface area contributed by atoms with Gasteiger partial charge in [0.25, 0.3) is 0 Å². The average Bonchev–Trinajstić information content (AvgIpc) is 2.66. The van der Waals surface area contributed by atoms with Crippen molar-refractivity contribution in [1.82, 2.24) is 9.80 Å². The highest BCUT2D eigenvalue weighted by Crippen LogP contribution is 2.34. The van der Waals surface area contributed by atoms with Gasteiger partial charge in [-0.3, -0.25) is 9.69 Å². The molecule has 1 aliphatic heterocycles. The van der Waals surface area contributed by atoms with Crippen molar-refractivity contribution >= 4 is 11.5 Å². The predicted molar refractivity (Wildman–Crippen MR) is 108 cm³/mol. The molecule has 1 fully saturated rings. The number of aryl methyl sites for hydroxylation is 1. The molecule has 0 aromatic heterocycles. The van der Waals surface area contributed by atoms with E-state index in [0.717, 1.165) is 37.8 Å². The van der Waals surface area contributed by atoms with Crippen LogP contribution in [-0.2, 0) is 19.1 Å². The van der Waals surface area contributed by atoms with E-state index in [1.165, 1.54) is 6.07 Å². The Morgan fingerprint density at radius 1 is 1.07 bits per heavy atom. The number of ketones is 1. The highest BCUT2D eigenvalue weighted by atomic mass is 19.4. The van der Waals surface area contributed by atoms with E-state index in [2.05, 4.69) is 4.90 Å². The number of likely N-dealkylation sites (N-methyl/N-ethyl adjacent to an activating group) is 1. The maximum atomic E-state index is 13.7. The number of nitrogen functional groups attached to an aromatic ring is 1. The minimum atomic E-state index is -4.46. The predicted octanol–water partition coefficient (Wildman–Crippen LogP) is 3.77. The summed E-state index contributed by atoms with van der Waals surface area (Å²) in [6.45, 7) is 5.25. The first-order chi connectivity index (χ1) is 13.6. The fourth-order valence-corrected chi connectivity index (χ4v) is 3.48. The van der Waals surface area contributed by atoms with Crippen LogP contribution in [0.25, 0.3) is 0 Å². The second-order valence-electron chi connectivity index (χ2n) is 7.74. The molecule has 0 atom stereocenters. The molecule has 2 aromatic carbocycles. The van der Waals surface area contributed by atoms with Gasteiger partial charge in [0.2, 0.25) is 0 Å². The third kappa shape index (κ3) is 5.36. The molecule has 4 nitrogen and oxygen atoms in total. The van der Waals surface area contributed by atoms with Gasteiger partial charge in [-0.25, -0.2) is 0 Å². The van der Waals surface area contributed by atoms with Gasteiger partial charge in [0, 0.05) is 50.4 Å². The number of piperazine rings is 1. The fraction of sp³-hybridized carbons (Fsp3) is 0.409. The van der Waals surface area contributed by atoms with E-state index in [4.69, 9.17) is 5.73 Å². The quantitative estimate of drug-likeness (QED) is 0.608. The molecule has 1 aliphatic rings. The second kappa shape index (κ2) is 8.55. The lowest BCUT2D eigenvalue weighted by atomic mass is 9.97. The van der Waals surface area contributed by atoms with Crippen molar-refractivity contribution in [2.24, 2.45) is 0 Å². The summed E-state index contributed by atoms with van der Waals surface area (Å²) >= 11 is 0. The molecule has 1 saturated heterocycles. The van der Waals surface area contributed by atoms with E-state index in [0.29, 0.717) is 16.8 Å². The molecule has 2 aromatic rings. The molecule has 156 valence electrons. The topological polar surface area (TPSA) is 49.6 Å². The van der Waals surface area contributed by atoms with E-state index in [1.807, 2.05) is 18.9 Å². The number of carbonyl (C=O) groups excluding carboxylic acids is 1. The Kier molecular flexibility index (Phi) is 6.29. The van der Waals surface area contributed by atoms with Crippen molar-refractivity contribution in [3.05, 3.63) is 64.2 Å². The van der Waals surface area contributed by atoms with Crippen molar-refractivity contribution in [2.75, 3.05) is 39.0 Å². The van der Waals surface area contributed by atoms with E-state index in [1.54, 1.807) is 24.3 Å². The summed E-state index contributed by atoms with van der Waals surface area (Å²) in [6.07, 6.45) is -4.56. The first-order valence-corrected chi connectivity index (χ1v) is 9.62. The zero-order chi connectivity index (χ0) is 21.2. The van der Waals surface area contributed by atoms with Gasteiger partial charge in [0.15, 0.2) is 5.78 Å². The Balaban J connectivity index is 1.79. The van der Waals surface area contributed by atoms with E-state index in [9.17, 15) is 18.0 Å². The highest BCUT2D eigenvalue weighted by Gasteiger charge is 2.34. The molecular weight excluding hydrogens is 379 g/mol. The van der Waals surface area contributed by atoms with E-state index in [-0.39, 0.29) is 24.3 Å². The van der Waals surface area contributed by atoms with Gasteiger partial charge in [-0.2, -0.15) is 13.2 Å². The molecule has 0 saturated carbocycles. The second-order valence-corrected chi connectivity index (χ2v) is 7.74. The first kappa shape index (κ1) is 21.3. The molecule has 3 rings (SSSR count). The van der Waals surface area contributed by atoms with Crippen LogP contribution in [0.3, 0.4) is 0 Å². The van der Waals surface area contributed by atoms with Crippen LogP contribution in [0.1, 0.15) is 32.6 Å². The van der Waals surface area contributed by atoms with Crippen molar-refractivity contribution in [3.8, 4) is 0 Å². The van der Waals surface area contributed by atoms with Crippen molar-refractivity contribution in [1.29, 1.82) is 0 Å². The lowest BCUT2D eigenvalue weighted by molar-refractivity contribution is -0.138.